The van der Waals surface area contributed by atoms with Gasteiger partial charge in [-0.15, -0.1) is 0 Å². The largest absolute Gasteiger partial charge is 0.504 e. The van der Waals surface area contributed by atoms with Gasteiger partial charge in [0.05, 0.1) is 0 Å². The van der Waals surface area contributed by atoms with Crippen LogP contribution < -0.4 is 4.74 Å². The Morgan fingerprint density at radius 2 is 1.68 bits per heavy atom. The van der Waals surface area contributed by atoms with E-state index in [1.807, 2.05) is 0 Å². The molecular formula is C16H14O6. The van der Waals surface area contributed by atoms with E-state index in [2.05, 4.69) is 0 Å². The summed E-state index contributed by atoms with van der Waals surface area (Å²) in [7, 11) is 0. The van der Waals surface area contributed by atoms with Gasteiger partial charge in [-0.05, 0) is 29.3 Å². The monoisotopic (exact) mass is 302 g/mol. The smallest absolute Gasteiger partial charge is 0.200 e. The van der Waals surface area contributed by atoms with Crippen molar-refractivity contribution in [2.75, 3.05) is 6.61 Å². The van der Waals surface area contributed by atoms with Gasteiger partial charge in [0.15, 0.2) is 23.0 Å². The molecule has 2 aromatic carbocycles. The van der Waals surface area contributed by atoms with Crippen molar-refractivity contribution in [3.63, 3.8) is 0 Å². The number of aliphatic hydroxyl groups is 1. The Bertz CT molecular complexity index is 800. The summed E-state index contributed by atoms with van der Waals surface area (Å²) in [6.45, 7) is -0.0577. The van der Waals surface area contributed by atoms with Gasteiger partial charge >= 0.3 is 0 Å². The van der Waals surface area contributed by atoms with Gasteiger partial charge in [-0.3, -0.25) is 0 Å². The van der Waals surface area contributed by atoms with Crippen LogP contribution in [-0.2, 0) is 6.42 Å². The van der Waals surface area contributed by atoms with Crippen molar-refractivity contribution in [2.24, 2.45) is 0 Å². The summed E-state index contributed by atoms with van der Waals surface area (Å²) in [5, 5.41) is 49.8. The predicted molar refractivity (Wildman–Crippen MR) is 75.5 cm³/mol. The van der Waals surface area contributed by atoms with Crippen LogP contribution in [0.25, 0.3) is 0 Å². The van der Waals surface area contributed by atoms with Crippen LogP contribution in [0, 0.1) is 0 Å². The molecule has 4 rings (SSSR count). The van der Waals surface area contributed by atoms with Gasteiger partial charge in [-0.1, -0.05) is 6.07 Å². The van der Waals surface area contributed by atoms with E-state index in [9.17, 15) is 25.5 Å². The maximum atomic E-state index is 10.9. The maximum Gasteiger partial charge on any atom is 0.200 e. The Morgan fingerprint density at radius 3 is 2.45 bits per heavy atom. The number of phenols is 4. The first kappa shape index (κ1) is 13.1. The summed E-state index contributed by atoms with van der Waals surface area (Å²) in [5.41, 5.74) is 0.700. The first-order chi connectivity index (χ1) is 10.4. The lowest BCUT2D eigenvalue weighted by Crippen LogP contribution is -2.43. The fraction of sp³-hybridized carbons (Fsp3) is 0.250. The average molecular weight is 302 g/mol. The molecule has 6 heteroatoms. The minimum atomic E-state index is -1.22. The minimum absolute atomic E-state index is 0.0577. The van der Waals surface area contributed by atoms with E-state index < -0.39 is 11.5 Å². The van der Waals surface area contributed by atoms with Gasteiger partial charge in [-0.2, -0.15) is 0 Å². The van der Waals surface area contributed by atoms with Crippen LogP contribution in [0.3, 0.4) is 0 Å². The van der Waals surface area contributed by atoms with E-state index in [1.165, 1.54) is 18.2 Å². The highest BCUT2D eigenvalue weighted by atomic mass is 16.5. The summed E-state index contributed by atoms with van der Waals surface area (Å²) in [6, 6.07) is 5.77. The van der Waals surface area contributed by atoms with E-state index in [4.69, 9.17) is 4.74 Å². The Kier molecular flexibility index (Phi) is 2.37. The Hall–Kier alpha value is -2.60. The molecule has 0 amide bonds. The van der Waals surface area contributed by atoms with Crippen LogP contribution >= 0.6 is 0 Å². The van der Waals surface area contributed by atoms with Gasteiger partial charge in [0.2, 0.25) is 5.75 Å². The molecule has 6 nitrogen and oxygen atoms in total. The molecule has 0 aromatic heterocycles. The van der Waals surface area contributed by atoms with Gasteiger partial charge in [0, 0.05) is 17.9 Å². The maximum absolute atomic E-state index is 10.9. The van der Waals surface area contributed by atoms with Crippen molar-refractivity contribution in [1.29, 1.82) is 0 Å². The molecule has 0 saturated carbocycles. The van der Waals surface area contributed by atoms with Crippen molar-refractivity contribution < 1.29 is 30.3 Å². The quantitative estimate of drug-likeness (QED) is 0.469. The zero-order valence-corrected chi connectivity index (χ0v) is 11.4. The third kappa shape index (κ3) is 1.52. The number of rotatable bonds is 0. The summed E-state index contributed by atoms with van der Waals surface area (Å²) >= 11 is 0. The number of phenolic OH excluding ortho intramolecular Hbond substituents is 4. The summed E-state index contributed by atoms with van der Waals surface area (Å²) in [4.78, 5) is 0. The van der Waals surface area contributed by atoms with E-state index >= 15 is 0 Å². The normalized spacial score (nSPS) is 25.0. The second kappa shape index (κ2) is 3.98. The van der Waals surface area contributed by atoms with Crippen molar-refractivity contribution in [3.8, 4) is 28.7 Å². The SMILES string of the molecule is Oc1cc2c(cc1O)[C@@H]1c3ccc(O)c(O)c3OC[C@@]1(O)C2. The lowest BCUT2D eigenvalue weighted by molar-refractivity contribution is -0.0228. The molecule has 5 N–H and O–H groups in total. The molecule has 0 bridgehead atoms. The summed E-state index contributed by atoms with van der Waals surface area (Å²) in [5.74, 6) is -1.54. The van der Waals surface area contributed by atoms with E-state index in [1.54, 1.807) is 6.07 Å². The third-order valence-electron chi connectivity index (χ3n) is 4.50. The lowest BCUT2D eigenvalue weighted by atomic mass is 9.80. The number of aromatic hydroxyl groups is 4. The summed E-state index contributed by atoms with van der Waals surface area (Å²) in [6.07, 6.45) is 0.266. The Balaban J connectivity index is 1.97. The molecule has 0 spiro atoms. The van der Waals surface area contributed by atoms with Crippen LogP contribution in [0.2, 0.25) is 0 Å². The lowest BCUT2D eigenvalue weighted by Gasteiger charge is -2.36. The van der Waals surface area contributed by atoms with Crippen molar-refractivity contribution in [1.82, 2.24) is 0 Å². The molecule has 2 aromatic rings. The molecule has 2 atom stereocenters. The fourth-order valence-electron chi connectivity index (χ4n) is 3.52. The molecule has 1 aliphatic carbocycles. The second-order valence-electron chi connectivity index (χ2n) is 5.89. The molecule has 22 heavy (non-hydrogen) atoms. The van der Waals surface area contributed by atoms with Crippen LogP contribution in [0.4, 0.5) is 0 Å². The van der Waals surface area contributed by atoms with Crippen molar-refractivity contribution >= 4 is 0 Å². The van der Waals surface area contributed by atoms with Gasteiger partial charge in [0.1, 0.15) is 12.2 Å². The first-order valence-electron chi connectivity index (χ1n) is 6.85. The molecule has 1 heterocycles. The van der Waals surface area contributed by atoms with Crippen molar-refractivity contribution in [2.45, 2.75) is 17.9 Å². The topological polar surface area (TPSA) is 110 Å². The first-order valence-corrected chi connectivity index (χ1v) is 6.85. The standard InChI is InChI=1S/C16H14O6/c17-10-2-1-8-13-9-4-12(19)11(18)3-7(9)5-16(13,21)6-22-15(8)14(10)20/h1-4,13,17-21H,5-6H2/t13-,16-/m0/s1. The highest BCUT2D eigenvalue weighted by Crippen LogP contribution is 2.55. The predicted octanol–water partition coefficient (Wildman–Crippen LogP) is 1.32. The number of benzene rings is 2. The molecule has 0 fully saturated rings. The number of hydrogen-bond donors (Lipinski definition) is 5. The second-order valence-corrected chi connectivity index (χ2v) is 5.89. The number of fused-ring (bicyclic) bond motifs is 5. The molecule has 0 unspecified atom stereocenters. The molecule has 0 radical (unpaired) electrons. The summed E-state index contributed by atoms with van der Waals surface area (Å²) < 4.78 is 5.46. The Labute approximate surface area is 125 Å². The van der Waals surface area contributed by atoms with E-state index in [0.29, 0.717) is 16.7 Å². The highest BCUT2D eigenvalue weighted by Gasteiger charge is 2.51. The van der Waals surface area contributed by atoms with E-state index in [0.717, 1.165) is 0 Å². The molecule has 1 aliphatic heterocycles. The molecular weight excluding hydrogens is 288 g/mol. The van der Waals surface area contributed by atoms with Gasteiger partial charge in [-0.25, -0.2) is 0 Å². The number of hydrogen-bond acceptors (Lipinski definition) is 6. The zero-order chi connectivity index (χ0) is 15.6. The van der Waals surface area contributed by atoms with Crippen LogP contribution in [0.5, 0.6) is 28.7 Å². The molecule has 2 aliphatic rings. The van der Waals surface area contributed by atoms with Crippen LogP contribution in [0.15, 0.2) is 24.3 Å². The average Bonchev–Trinajstić information content (AvgIpc) is 2.75. The molecule has 114 valence electrons. The number of ether oxygens (including phenoxy) is 1. The Morgan fingerprint density at radius 1 is 0.955 bits per heavy atom. The van der Waals surface area contributed by atoms with Gasteiger partial charge in [0.25, 0.3) is 0 Å². The van der Waals surface area contributed by atoms with E-state index in [-0.39, 0.29) is 41.8 Å². The van der Waals surface area contributed by atoms with Crippen molar-refractivity contribution in [3.05, 3.63) is 41.0 Å². The highest BCUT2D eigenvalue weighted by molar-refractivity contribution is 5.63. The molecule has 0 saturated heterocycles. The zero-order valence-electron chi connectivity index (χ0n) is 11.4. The van der Waals surface area contributed by atoms with Crippen LogP contribution in [-0.4, -0.2) is 37.7 Å². The van der Waals surface area contributed by atoms with Gasteiger partial charge < -0.3 is 30.3 Å². The fourth-order valence-corrected chi connectivity index (χ4v) is 3.52. The minimum Gasteiger partial charge on any atom is -0.504 e. The third-order valence-corrected chi connectivity index (χ3v) is 4.50. The van der Waals surface area contributed by atoms with Crippen LogP contribution in [0.1, 0.15) is 22.6 Å².